The molecule has 1 aromatic carbocycles. The summed E-state index contributed by atoms with van der Waals surface area (Å²) in [6, 6.07) is 7.62. The monoisotopic (exact) mass is 318 g/mol. The molecular formula is C18H26N2O3. The quantitative estimate of drug-likeness (QED) is 0.901. The van der Waals surface area contributed by atoms with Gasteiger partial charge in [0.05, 0.1) is 19.3 Å². The van der Waals surface area contributed by atoms with Gasteiger partial charge in [0, 0.05) is 32.3 Å². The van der Waals surface area contributed by atoms with Gasteiger partial charge in [0.1, 0.15) is 5.75 Å². The van der Waals surface area contributed by atoms with Gasteiger partial charge in [0.2, 0.25) is 0 Å². The molecule has 1 N–H and O–H groups in total. The van der Waals surface area contributed by atoms with Gasteiger partial charge < -0.3 is 19.7 Å². The SMILES string of the molecule is COc1ccccc1C(=O)NC1CCN(CC2CCOC2)CC1. The molecule has 1 amide bonds. The van der Waals surface area contributed by atoms with Gasteiger partial charge in [0.15, 0.2) is 0 Å². The Morgan fingerprint density at radius 1 is 1.30 bits per heavy atom. The molecule has 1 unspecified atom stereocenters. The number of methoxy groups -OCH3 is 1. The summed E-state index contributed by atoms with van der Waals surface area (Å²) in [5.41, 5.74) is 0.612. The summed E-state index contributed by atoms with van der Waals surface area (Å²) in [5.74, 6) is 1.28. The molecule has 5 heteroatoms. The third-order valence-corrected chi connectivity index (χ3v) is 4.81. The molecule has 0 radical (unpaired) electrons. The average molecular weight is 318 g/mol. The highest BCUT2D eigenvalue weighted by Crippen LogP contribution is 2.20. The minimum absolute atomic E-state index is 0.0370. The lowest BCUT2D eigenvalue weighted by atomic mass is 10.0. The van der Waals surface area contributed by atoms with Crippen LogP contribution in [0.4, 0.5) is 0 Å². The van der Waals surface area contributed by atoms with Crippen LogP contribution < -0.4 is 10.1 Å². The predicted octanol–water partition coefficient (Wildman–Crippen LogP) is 1.93. The minimum Gasteiger partial charge on any atom is -0.496 e. The zero-order valence-electron chi connectivity index (χ0n) is 13.8. The number of nitrogens with one attached hydrogen (secondary N) is 1. The van der Waals surface area contributed by atoms with E-state index in [4.69, 9.17) is 9.47 Å². The van der Waals surface area contributed by atoms with Crippen LogP contribution in [0.5, 0.6) is 5.75 Å². The van der Waals surface area contributed by atoms with Crippen molar-refractivity contribution in [3.05, 3.63) is 29.8 Å². The van der Waals surface area contributed by atoms with Crippen LogP contribution in [0, 0.1) is 5.92 Å². The van der Waals surface area contributed by atoms with Crippen molar-refractivity contribution < 1.29 is 14.3 Å². The molecule has 2 aliphatic heterocycles. The molecule has 2 fully saturated rings. The first kappa shape index (κ1) is 16.3. The van der Waals surface area contributed by atoms with E-state index in [0.717, 1.165) is 45.7 Å². The second-order valence-electron chi connectivity index (χ2n) is 6.48. The van der Waals surface area contributed by atoms with Crippen molar-refractivity contribution >= 4 is 5.91 Å². The first-order valence-electron chi connectivity index (χ1n) is 8.50. The second-order valence-corrected chi connectivity index (χ2v) is 6.48. The van der Waals surface area contributed by atoms with Crippen LogP contribution in [0.1, 0.15) is 29.6 Å². The molecule has 126 valence electrons. The predicted molar refractivity (Wildman–Crippen MR) is 88.8 cm³/mol. The summed E-state index contributed by atoms with van der Waals surface area (Å²) >= 11 is 0. The van der Waals surface area contributed by atoms with Crippen molar-refractivity contribution in [3.8, 4) is 5.75 Å². The van der Waals surface area contributed by atoms with Gasteiger partial charge in [0.25, 0.3) is 5.91 Å². The average Bonchev–Trinajstić information content (AvgIpc) is 3.09. The van der Waals surface area contributed by atoms with E-state index in [-0.39, 0.29) is 11.9 Å². The molecule has 0 aliphatic carbocycles. The topological polar surface area (TPSA) is 50.8 Å². The Morgan fingerprint density at radius 3 is 2.78 bits per heavy atom. The smallest absolute Gasteiger partial charge is 0.255 e. The summed E-state index contributed by atoms with van der Waals surface area (Å²) in [5, 5.41) is 3.15. The lowest BCUT2D eigenvalue weighted by Crippen LogP contribution is -2.45. The molecule has 2 saturated heterocycles. The Balaban J connectivity index is 1.47. The van der Waals surface area contributed by atoms with E-state index in [2.05, 4.69) is 10.2 Å². The number of carbonyl (C=O) groups excluding carboxylic acids is 1. The molecule has 2 aliphatic rings. The van der Waals surface area contributed by atoms with E-state index in [1.807, 2.05) is 24.3 Å². The maximum absolute atomic E-state index is 12.4. The van der Waals surface area contributed by atoms with Crippen LogP contribution in [0.2, 0.25) is 0 Å². The lowest BCUT2D eigenvalue weighted by molar-refractivity contribution is 0.0900. The molecule has 0 bridgehead atoms. The molecule has 0 aromatic heterocycles. The highest BCUT2D eigenvalue weighted by Gasteiger charge is 2.25. The zero-order valence-corrected chi connectivity index (χ0v) is 13.8. The molecule has 3 rings (SSSR count). The standard InChI is InChI=1S/C18H26N2O3/c1-22-17-5-3-2-4-16(17)18(21)19-15-6-9-20(10-7-15)12-14-8-11-23-13-14/h2-5,14-15H,6-13H2,1H3,(H,19,21). The number of amides is 1. The number of hydrogen-bond acceptors (Lipinski definition) is 4. The number of rotatable bonds is 5. The number of likely N-dealkylation sites (tertiary alicyclic amines) is 1. The van der Waals surface area contributed by atoms with Crippen molar-refractivity contribution in [1.82, 2.24) is 10.2 Å². The van der Waals surface area contributed by atoms with Crippen molar-refractivity contribution in [2.45, 2.75) is 25.3 Å². The third-order valence-electron chi connectivity index (χ3n) is 4.81. The van der Waals surface area contributed by atoms with Crippen molar-refractivity contribution in [2.75, 3.05) is 40.0 Å². The van der Waals surface area contributed by atoms with Gasteiger partial charge in [-0.1, -0.05) is 12.1 Å². The summed E-state index contributed by atoms with van der Waals surface area (Å²) < 4.78 is 10.7. The van der Waals surface area contributed by atoms with E-state index in [0.29, 0.717) is 17.2 Å². The number of para-hydroxylation sites is 1. The molecular weight excluding hydrogens is 292 g/mol. The van der Waals surface area contributed by atoms with Gasteiger partial charge >= 0.3 is 0 Å². The minimum atomic E-state index is -0.0370. The Kier molecular flexibility index (Phi) is 5.51. The van der Waals surface area contributed by atoms with E-state index < -0.39 is 0 Å². The van der Waals surface area contributed by atoms with E-state index in [1.54, 1.807) is 7.11 Å². The van der Waals surface area contributed by atoms with Crippen LogP contribution in [0.3, 0.4) is 0 Å². The fourth-order valence-corrected chi connectivity index (χ4v) is 3.45. The van der Waals surface area contributed by atoms with Crippen LogP contribution in [-0.4, -0.2) is 56.8 Å². The fraction of sp³-hybridized carbons (Fsp3) is 0.611. The summed E-state index contributed by atoms with van der Waals surface area (Å²) in [6.07, 6.45) is 3.20. The molecule has 5 nitrogen and oxygen atoms in total. The Hall–Kier alpha value is -1.59. The first-order chi connectivity index (χ1) is 11.3. The van der Waals surface area contributed by atoms with Gasteiger partial charge in [-0.2, -0.15) is 0 Å². The maximum atomic E-state index is 12.4. The Bertz CT molecular complexity index is 521. The molecule has 23 heavy (non-hydrogen) atoms. The zero-order chi connectivity index (χ0) is 16.1. The van der Waals surface area contributed by atoms with Crippen LogP contribution in [-0.2, 0) is 4.74 Å². The largest absolute Gasteiger partial charge is 0.496 e. The maximum Gasteiger partial charge on any atom is 0.255 e. The van der Waals surface area contributed by atoms with Gasteiger partial charge in [-0.15, -0.1) is 0 Å². The van der Waals surface area contributed by atoms with Crippen molar-refractivity contribution in [1.29, 1.82) is 0 Å². The van der Waals surface area contributed by atoms with E-state index in [9.17, 15) is 4.79 Å². The normalized spacial score (nSPS) is 22.9. The van der Waals surface area contributed by atoms with Gasteiger partial charge in [-0.25, -0.2) is 0 Å². The highest BCUT2D eigenvalue weighted by atomic mass is 16.5. The van der Waals surface area contributed by atoms with Crippen molar-refractivity contribution in [2.24, 2.45) is 5.92 Å². The molecule has 1 atom stereocenters. The lowest BCUT2D eigenvalue weighted by Gasteiger charge is -2.33. The van der Waals surface area contributed by atoms with Crippen molar-refractivity contribution in [3.63, 3.8) is 0 Å². The molecule has 0 saturated carbocycles. The summed E-state index contributed by atoms with van der Waals surface area (Å²) in [4.78, 5) is 14.9. The number of nitrogens with zero attached hydrogens (tertiary/aromatic N) is 1. The fourth-order valence-electron chi connectivity index (χ4n) is 3.45. The van der Waals surface area contributed by atoms with Gasteiger partial charge in [-0.05, 0) is 37.3 Å². The highest BCUT2D eigenvalue weighted by molar-refractivity contribution is 5.97. The van der Waals surface area contributed by atoms with Crippen LogP contribution >= 0.6 is 0 Å². The first-order valence-corrected chi connectivity index (χ1v) is 8.50. The van der Waals surface area contributed by atoms with Crippen LogP contribution in [0.15, 0.2) is 24.3 Å². The van der Waals surface area contributed by atoms with E-state index in [1.165, 1.54) is 6.42 Å². The molecule has 1 aromatic rings. The van der Waals surface area contributed by atoms with E-state index >= 15 is 0 Å². The molecule has 0 spiro atoms. The number of piperidine rings is 1. The summed E-state index contributed by atoms with van der Waals surface area (Å²) in [7, 11) is 1.59. The number of carbonyl (C=O) groups is 1. The number of ether oxygens (including phenoxy) is 2. The van der Waals surface area contributed by atoms with Crippen LogP contribution in [0.25, 0.3) is 0 Å². The summed E-state index contributed by atoms with van der Waals surface area (Å²) in [6.45, 7) is 5.05. The third kappa shape index (κ3) is 4.24. The molecule has 2 heterocycles. The second kappa shape index (κ2) is 7.79. The van der Waals surface area contributed by atoms with Gasteiger partial charge in [-0.3, -0.25) is 4.79 Å². The number of benzene rings is 1. The Labute approximate surface area is 137 Å². The number of hydrogen-bond donors (Lipinski definition) is 1. The Morgan fingerprint density at radius 2 is 2.09 bits per heavy atom.